The lowest BCUT2D eigenvalue weighted by Crippen LogP contribution is -2.49. The number of hydrogen-bond acceptors (Lipinski definition) is 7. The van der Waals surface area contributed by atoms with Crippen LogP contribution in [0.25, 0.3) is 6.08 Å². The number of carbonyl (C=O) groups excluding carboxylic acids is 3. The average Bonchev–Trinajstić information content (AvgIpc) is 2.70. The number of benzene rings is 2. The largest absolute Gasteiger partial charge is 0.548 e. The third kappa shape index (κ3) is 8.23. The van der Waals surface area contributed by atoms with Crippen molar-refractivity contribution in [3.05, 3.63) is 75.3 Å². The fraction of sp³-hybridized carbons (Fsp3) is 0.227. The normalized spacial score (nSPS) is 11.7. The number of hydrogen-bond donors (Lipinski definition) is 2. The molecule has 0 fully saturated rings. The van der Waals surface area contributed by atoms with Crippen molar-refractivity contribution < 1.29 is 24.4 Å². The minimum atomic E-state index is -1.48. The number of thioether (sulfide) groups is 1. The monoisotopic (exact) mass is 456 g/mol. The summed E-state index contributed by atoms with van der Waals surface area (Å²) in [5, 5.41) is 27.2. The van der Waals surface area contributed by atoms with E-state index in [-0.39, 0.29) is 23.1 Å². The first kappa shape index (κ1) is 24.6. The highest BCUT2D eigenvalue weighted by Crippen LogP contribution is 2.15. The van der Waals surface area contributed by atoms with Gasteiger partial charge >= 0.3 is 0 Å². The van der Waals surface area contributed by atoms with Crippen LogP contribution in [0.15, 0.2) is 48.5 Å². The predicted octanol–water partition coefficient (Wildman–Crippen LogP) is 1.83. The molecule has 0 aliphatic carbocycles. The standard InChI is InChI=1S/C22H23N3O6S/c1-14-8-15(2)10-17(9-14)23-21(27)13-32-12-19(22(28)29)24-20(26)7-6-16-4-3-5-18(11-16)25(30)31/h3-11,19H,12-13H2,1-2H3,(H,23,27)(H,24,26)(H,28,29)/p-1. The van der Waals surface area contributed by atoms with Crippen LogP contribution < -0.4 is 15.7 Å². The third-order valence-corrected chi connectivity index (χ3v) is 5.17. The van der Waals surface area contributed by atoms with E-state index >= 15 is 0 Å². The predicted molar refractivity (Wildman–Crippen MR) is 121 cm³/mol. The van der Waals surface area contributed by atoms with Gasteiger partial charge in [-0.1, -0.05) is 18.2 Å². The number of anilines is 1. The number of aryl methyl sites for hydroxylation is 2. The molecule has 2 aromatic carbocycles. The van der Waals surface area contributed by atoms with Crippen LogP contribution in [0.1, 0.15) is 16.7 Å². The molecule has 0 radical (unpaired) electrons. The first-order valence-corrected chi connectivity index (χ1v) is 10.7. The van der Waals surface area contributed by atoms with Gasteiger partial charge in [-0.05, 0) is 48.7 Å². The second-order valence-corrected chi connectivity index (χ2v) is 8.04. The molecule has 0 heterocycles. The van der Waals surface area contributed by atoms with Crippen molar-refractivity contribution in [1.82, 2.24) is 5.32 Å². The molecular weight excluding hydrogens is 434 g/mol. The first-order valence-electron chi connectivity index (χ1n) is 9.54. The molecule has 0 aliphatic heterocycles. The number of nitrogens with zero attached hydrogens (tertiary/aromatic N) is 1. The van der Waals surface area contributed by atoms with Crippen LogP contribution in [-0.2, 0) is 14.4 Å². The quantitative estimate of drug-likeness (QED) is 0.316. The molecule has 9 nitrogen and oxygen atoms in total. The fourth-order valence-corrected chi connectivity index (χ4v) is 3.65. The number of nitro groups is 1. The van der Waals surface area contributed by atoms with Crippen molar-refractivity contribution in [2.75, 3.05) is 16.8 Å². The summed E-state index contributed by atoms with van der Waals surface area (Å²) in [6.45, 7) is 3.83. The molecule has 168 valence electrons. The second kappa shape index (κ2) is 11.7. The SMILES string of the molecule is Cc1cc(C)cc(NC(=O)CSCC(NC(=O)C=Cc2cccc([N+](=O)[O-])c2)C(=O)[O-])c1. The Morgan fingerprint density at radius 2 is 1.81 bits per heavy atom. The van der Waals surface area contributed by atoms with Crippen molar-refractivity contribution >= 4 is 47.0 Å². The zero-order valence-electron chi connectivity index (χ0n) is 17.5. The molecule has 10 heteroatoms. The number of amides is 2. The van der Waals surface area contributed by atoms with Crippen LogP contribution in [-0.4, -0.2) is 40.3 Å². The zero-order chi connectivity index (χ0) is 23.7. The van der Waals surface area contributed by atoms with Gasteiger partial charge in [-0.15, -0.1) is 11.8 Å². The Balaban J connectivity index is 1.85. The molecular formula is C22H22N3O6S-. The topological polar surface area (TPSA) is 141 Å². The summed E-state index contributed by atoms with van der Waals surface area (Å²) < 4.78 is 0. The molecule has 32 heavy (non-hydrogen) atoms. The van der Waals surface area contributed by atoms with Crippen LogP contribution in [0.2, 0.25) is 0 Å². The highest BCUT2D eigenvalue weighted by Gasteiger charge is 2.14. The van der Waals surface area contributed by atoms with Crippen molar-refractivity contribution in [2.24, 2.45) is 0 Å². The minimum absolute atomic E-state index is 0.00381. The highest BCUT2D eigenvalue weighted by atomic mass is 32.2. The summed E-state index contributed by atoms with van der Waals surface area (Å²) >= 11 is 1.04. The van der Waals surface area contributed by atoms with E-state index < -0.39 is 22.8 Å². The molecule has 1 atom stereocenters. The molecule has 2 N–H and O–H groups in total. The van der Waals surface area contributed by atoms with Gasteiger partial charge in [0.05, 0.1) is 22.7 Å². The van der Waals surface area contributed by atoms with Crippen LogP contribution in [0, 0.1) is 24.0 Å². The van der Waals surface area contributed by atoms with Gasteiger partial charge in [0.25, 0.3) is 5.69 Å². The van der Waals surface area contributed by atoms with Crippen LogP contribution in [0.3, 0.4) is 0 Å². The Bertz CT molecular complexity index is 1030. The molecule has 0 saturated carbocycles. The van der Waals surface area contributed by atoms with E-state index in [4.69, 9.17) is 0 Å². The number of carboxylic acids is 1. The number of nitro benzene ring substituents is 1. The van der Waals surface area contributed by atoms with E-state index in [1.807, 2.05) is 32.0 Å². The molecule has 2 rings (SSSR count). The van der Waals surface area contributed by atoms with Crippen LogP contribution >= 0.6 is 11.8 Å². The number of non-ortho nitro benzene ring substituents is 1. The Hall–Kier alpha value is -3.66. The third-order valence-electron chi connectivity index (χ3n) is 4.13. The number of nitrogens with one attached hydrogen (secondary N) is 2. The number of carboxylic acid groups (broad SMARTS) is 1. The Labute approximate surface area is 189 Å². The van der Waals surface area contributed by atoms with Gasteiger partial charge in [0.1, 0.15) is 0 Å². The van der Waals surface area contributed by atoms with Gasteiger partial charge in [-0.2, -0.15) is 0 Å². The molecule has 0 bridgehead atoms. The van der Waals surface area contributed by atoms with Gasteiger partial charge in [-0.25, -0.2) is 0 Å². The molecule has 0 aliphatic rings. The maximum absolute atomic E-state index is 12.1. The van der Waals surface area contributed by atoms with E-state index in [1.54, 1.807) is 6.07 Å². The van der Waals surface area contributed by atoms with Crippen molar-refractivity contribution in [1.29, 1.82) is 0 Å². The van der Waals surface area contributed by atoms with E-state index in [0.29, 0.717) is 11.3 Å². The summed E-state index contributed by atoms with van der Waals surface area (Å²) in [4.78, 5) is 45.7. The summed E-state index contributed by atoms with van der Waals surface area (Å²) in [5.41, 5.74) is 2.95. The van der Waals surface area contributed by atoms with Crippen LogP contribution in [0.5, 0.6) is 0 Å². The minimum Gasteiger partial charge on any atom is -0.548 e. The Kier molecular flexibility index (Phi) is 8.96. The van der Waals surface area contributed by atoms with E-state index in [0.717, 1.165) is 29.0 Å². The first-order chi connectivity index (χ1) is 15.1. The Morgan fingerprint density at radius 1 is 1.12 bits per heavy atom. The lowest BCUT2D eigenvalue weighted by Gasteiger charge is -2.18. The molecule has 2 amide bonds. The average molecular weight is 457 g/mol. The van der Waals surface area contributed by atoms with Gasteiger partial charge in [0.15, 0.2) is 0 Å². The maximum Gasteiger partial charge on any atom is 0.270 e. The van der Waals surface area contributed by atoms with Crippen molar-refractivity contribution in [2.45, 2.75) is 19.9 Å². The zero-order valence-corrected chi connectivity index (χ0v) is 18.3. The second-order valence-electron chi connectivity index (χ2n) is 7.01. The van der Waals surface area contributed by atoms with E-state index in [1.165, 1.54) is 24.3 Å². The van der Waals surface area contributed by atoms with Crippen molar-refractivity contribution in [3.8, 4) is 0 Å². The summed E-state index contributed by atoms with van der Waals surface area (Å²) in [5.74, 6) is -2.56. The maximum atomic E-state index is 12.1. The van der Waals surface area contributed by atoms with Gasteiger partial charge in [0, 0.05) is 29.6 Å². The molecule has 0 spiro atoms. The van der Waals surface area contributed by atoms with Gasteiger partial charge < -0.3 is 20.5 Å². The van der Waals surface area contributed by atoms with E-state index in [9.17, 15) is 29.6 Å². The lowest BCUT2D eigenvalue weighted by molar-refractivity contribution is -0.384. The lowest BCUT2D eigenvalue weighted by atomic mass is 10.1. The summed E-state index contributed by atoms with van der Waals surface area (Å²) in [6, 6.07) is 9.96. The Morgan fingerprint density at radius 3 is 2.44 bits per heavy atom. The van der Waals surface area contributed by atoms with Gasteiger partial charge in [-0.3, -0.25) is 19.7 Å². The molecule has 2 aromatic rings. The number of aliphatic carboxylic acids is 1. The molecule has 0 saturated heterocycles. The number of carbonyl (C=O) groups is 3. The smallest absolute Gasteiger partial charge is 0.270 e. The fourth-order valence-electron chi connectivity index (χ4n) is 2.82. The number of rotatable bonds is 10. The summed E-state index contributed by atoms with van der Waals surface area (Å²) in [7, 11) is 0. The highest BCUT2D eigenvalue weighted by molar-refractivity contribution is 8.00. The van der Waals surface area contributed by atoms with Crippen LogP contribution in [0.4, 0.5) is 11.4 Å². The summed E-state index contributed by atoms with van der Waals surface area (Å²) in [6.07, 6.45) is 2.41. The molecule has 1 unspecified atom stereocenters. The van der Waals surface area contributed by atoms with Gasteiger partial charge in [0.2, 0.25) is 11.8 Å². The molecule has 0 aromatic heterocycles. The van der Waals surface area contributed by atoms with Crippen molar-refractivity contribution in [3.63, 3.8) is 0 Å². The van der Waals surface area contributed by atoms with E-state index in [2.05, 4.69) is 10.6 Å².